The van der Waals surface area contributed by atoms with E-state index in [2.05, 4.69) is 4.74 Å². The summed E-state index contributed by atoms with van der Waals surface area (Å²) in [7, 11) is 0. The highest BCUT2D eigenvalue weighted by Gasteiger charge is 2.31. The molecule has 7 heteroatoms. The predicted molar refractivity (Wildman–Crippen MR) is 52.3 cm³/mol. The van der Waals surface area contributed by atoms with Gasteiger partial charge in [0.25, 0.3) is 0 Å². The van der Waals surface area contributed by atoms with Crippen molar-refractivity contribution >= 4 is 6.08 Å². The minimum absolute atomic E-state index is 0.0765. The van der Waals surface area contributed by atoms with Crippen LogP contribution in [0.4, 0.5) is 17.6 Å². The molecule has 0 radical (unpaired) electrons. The number of alkyl halides is 3. The van der Waals surface area contributed by atoms with Crippen LogP contribution in [0.1, 0.15) is 5.56 Å². The molecule has 0 aliphatic rings. The van der Waals surface area contributed by atoms with Crippen LogP contribution in [0.2, 0.25) is 0 Å². The van der Waals surface area contributed by atoms with Crippen LogP contribution in [0.3, 0.4) is 0 Å². The van der Waals surface area contributed by atoms with Gasteiger partial charge in [0.2, 0.25) is 0 Å². The molecule has 3 nitrogen and oxygen atoms in total. The third kappa shape index (κ3) is 4.14. The number of nitriles is 2. The second-order valence-corrected chi connectivity index (χ2v) is 3.05. The molecule has 0 aliphatic carbocycles. The first-order chi connectivity index (χ1) is 8.34. The molecule has 0 fully saturated rings. The highest BCUT2D eigenvalue weighted by atomic mass is 19.4. The normalized spacial score (nSPS) is 10.1. The average Bonchev–Trinajstić information content (AvgIpc) is 2.22. The van der Waals surface area contributed by atoms with Crippen molar-refractivity contribution in [3.63, 3.8) is 0 Å². The minimum Gasteiger partial charge on any atom is -0.406 e. The summed E-state index contributed by atoms with van der Waals surface area (Å²) in [5.74, 6) is -1.73. The van der Waals surface area contributed by atoms with Gasteiger partial charge >= 0.3 is 6.36 Å². The first-order valence-electron chi connectivity index (χ1n) is 4.42. The van der Waals surface area contributed by atoms with Crippen LogP contribution in [0.25, 0.3) is 6.08 Å². The number of hydrogen-bond acceptors (Lipinski definition) is 3. The molecule has 0 N–H and O–H groups in total. The third-order valence-corrected chi connectivity index (χ3v) is 1.68. The molecule has 0 heterocycles. The lowest BCUT2D eigenvalue weighted by atomic mass is 10.1. The highest BCUT2D eigenvalue weighted by molar-refractivity contribution is 5.63. The Morgan fingerprint density at radius 3 is 2.28 bits per heavy atom. The summed E-state index contributed by atoms with van der Waals surface area (Å²) in [6, 6.07) is 5.29. The zero-order chi connectivity index (χ0) is 13.8. The van der Waals surface area contributed by atoms with Gasteiger partial charge < -0.3 is 4.74 Å². The summed E-state index contributed by atoms with van der Waals surface area (Å²) >= 11 is 0. The Hall–Kier alpha value is -2.54. The van der Waals surface area contributed by atoms with E-state index in [1.54, 1.807) is 0 Å². The van der Waals surface area contributed by atoms with Crippen molar-refractivity contribution in [3.8, 4) is 17.9 Å². The van der Waals surface area contributed by atoms with Crippen LogP contribution >= 0.6 is 0 Å². The number of ether oxygens (including phenoxy) is 1. The van der Waals surface area contributed by atoms with Gasteiger partial charge in [-0.1, -0.05) is 0 Å². The van der Waals surface area contributed by atoms with Gasteiger partial charge in [-0.15, -0.1) is 13.2 Å². The third-order valence-electron chi connectivity index (χ3n) is 1.68. The fourth-order valence-electron chi connectivity index (χ4n) is 1.12. The molecular weight excluding hydrogens is 252 g/mol. The number of hydrogen-bond donors (Lipinski definition) is 0. The number of nitrogens with zero attached hydrogens (tertiary/aromatic N) is 2. The molecule has 0 aliphatic heterocycles. The summed E-state index contributed by atoms with van der Waals surface area (Å²) in [4.78, 5) is 0. The van der Waals surface area contributed by atoms with Crippen molar-refractivity contribution in [2.24, 2.45) is 0 Å². The molecule has 1 aromatic carbocycles. The van der Waals surface area contributed by atoms with Crippen molar-refractivity contribution in [1.82, 2.24) is 0 Å². The minimum atomic E-state index is -4.94. The van der Waals surface area contributed by atoms with Crippen molar-refractivity contribution in [1.29, 1.82) is 10.5 Å². The summed E-state index contributed by atoms with van der Waals surface area (Å²) in [5.41, 5.74) is -0.439. The number of rotatable bonds is 2. The van der Waals surface area contributed by atoms with E-state index in [1.807, 2.05) is 0 Å². The van der Waals surface area contributed by atoms with Crippen LogP contribution in [0.5, 0.6) is 5.75 Å². The average molecular weight is 256 g/mol. The van der Waals surface area contributed by atoms with Gasteiger partial charge in [-0.3, -0.25) is 0 Å². The first kappa shape index (κ1) is 13.5. The Balaban J connectivity index is 3.14. The molecule has 1 aromatic rings. The zero-order valence-electron chi connectivity index (χ0n) is 8.62. The molecule has 0 saturated carbocycles. The van der Waals surface area contributed by atoms with E-state index in [9.17, 15) is 17.6 Å². The standard InChI is InChI=1S/C11H4F4N2O/c12-9-2-7(1-8(5-16)6-17)3-10(4-9)18-11(13,14)15/h1-4H. The molecule has 0 amide bonds. The SMILES string of the molecule is N#CC(C#N)=Cc1cc(F)cc(OC(F)(F)F)c1. The van der Waals surface area contributed by atoms with Crippen molar-refractivity contribution in [3.05, 3.63) is 35.2 Å². The van der Waals surface area contributed by atoms with E-state index in [-0.39, 0.29) is 11.1 Å². The molecule has 1 rings (SSSR count). The lowest BCUT2D eigenvalue weighted by Gasteiger charge is -2.09. The molecule has 0 bridgehead atoms. The molecule has 0 aromatic heterocycles. The topological polar surface area (TPSA) is 56.8 Å². The maximum atomic E-state index is 13.0. The summed E-state index contributed by atoms with van der Waals surface area (Å²) in [6.45, 7) is 0. The number of halogens is 4. The number of benzene rings is 1. The van der Waals surface area contributed by atoms with E-state index in [0.29, 0.717) is 6.07 Å². The van der Waals surface area contributed by atoms with Gasteiger partial charge in [0.1, 0.15) is 29.3 Å². The first-order valence-corrected chi connectivity index (χ1v) is 4.42. The smallest absolute Gasteiger partial charge is 0.406 e. The van der Waals surface area contributed by atoms with Gasteiger partial charge in [-0.2, -0.15) is 10.5 Å². The van der Waals surface area contributed by atoms with Crippen LogP contribution in [0, 0.1) is 28.5 Å². The van der Waals surface area contributed by atoms with Crippen LogP contribution in [-0.4, -0.2) is 6.36 Å². The lowest BCUT2D eigenvalue weighted by Crippen LogP contribution is -2.17. The summed E-state index contributed by atoms with van der Waals surface area (Å²) in [5, 5.41) is 16.9. The second-order valence-electron chi connectivity index (χ2n) is 3.05. The van der Waals surface area contributed by atoms with Crippen molar-refractivity contribution < 1.29 is 22.3 Å². The molecule has 0 spiro atoms. The van der Waals surface area contributed by atoms with E-state index in [4.69, 9.17) is 10.5 Å². The fraction of sp³-hybridized carbons (Fsp3) is 0.0909. The van der Waals surface area contributed by atoms with Gasteiger partial charge in [0.05, 0.1) is 0 Å². The fourth-order valence-corrected chi connectivity index (χ4v) is 1.12. The second kappa shape index (κ2) is 5.19. The zero-order valence-corrected chi connectivity index (χ0v) is 8.62. The van der Waals surface area contributed by atoms with Crippen molar-refractivity contribution in [2.75, 3.05) is 0 Å². The van der Waals surface area contributed by atoms with Gasteiger partial charge in [-0.25, -0.2) is 4.39 Å². The van der Waals surface area contributed by atoms with Crippen LogP contribution in [0.15, 0.2) is 23.8 Å². The molecule has 18 heavy (non-hydrogen) atoms. The lowest BCUT2D eigenvalue weighted by molar-refractivity contribution is -0.274. The Labute approximate surface area is 99.1 Å². The van der Waals surface area contributed by atoms with Gasteiger partial charge in [-0.05, 0) is 23.8 Å². The monoisotopic (exact) mass is 256 g/mol. The highest BCUT2D eigenvalue weighted by Crippen LogP contribution is 2.25. The van der Waals surface area contributed by atoms with Gasteiger partial charge in [0.15, 0.2) is 0 Å². The molecular formula is C11H4F4N2O. The Bertz CT molecular complexity index is 548. The van der Waals surface area contributed by atoms with E-state index in [1.165, 1.54) is 12.1 Å². The maximum absolute atomic E-state index is 13.0. The molecule has 0 unspecified atom stereocenters. The molecule has 92 valence electrons. The quantitative estimate of drug-likeness (QED) is 0.603. The van der Waals surface area contributed by atoms with E-state index >= 15 is 0 Å². The van der Waals surface area contributed by atoms with Crippen LogP contribution < -0.4 is 4.74 Å². The van der Waals surface area contributed by atoms with Crippen LogP contribution in [-0.2, 0) is 0 Å². The predicted octanol–water partition coefficient (Wildman–Crippen LogP) is 3.15. The largest absolute Gasteiger partial charge is 0.573 e. The number of allylic oxidation sites excluding steroid dienone is 1. The van der Waals surface area contributed by atoms with Crippen molar-refractivity contribution in [2.45, 2.75) is 6.36 Å². The molecule has 0 atom stereocenters. The van der Waals surface area contributed by atoms with E-state index in [0.717, 1.165) is 18.2 Å². The Morgan fingerprint density at radius 1 is 1.17 bits per heavy atom. The van der Waals surface area contributed by atoms with Gasteiger partial charge in [0, 0.05) is 6.07 Å². The summed E-state index contributed by atoms with van der Waals surface area (Å²) in [6.07, 6.45) is -3.99. The Kier molecular flexibility index (Phi) is 3.90. The van der Waals surface area contributed by atoms with E-state index < -0.39 is 17.9 Å². The molecule has 0 saturated heterocycles. The maximum Gasteiger partial charge on any atom is 0.573 e. The summed E-state index contributed by atoms with van der Waals surface area (Å²) < 4.78 is 52.4. The Morgan fingerprint density at radius 2 is 1.78 bits per heavy atom.